The second kappa shape index (κ2) is 7.52. The number of amides is 2. The van der Waals surface area contributed by atoms with Crippen molar-refractivity contribution in [3.63, 3.8) is 0 Å². The molecule has 2 aliphatic heterocycles. The van der Waals surface area contributed by atoms with E-state index in [1.165, 1.54) is 17.7 Å². The first-order chi connectivity index (χ1) is 13.8. The molecule has 2 amide bonds. The number of nitrogens with zero attached hydrogens (tertiary/aromatic N) is 1. The Bertz CT molecular complexity index is 805. The summed E-state index contributed by atoms with van der Waals surface area (Å²) < 4.78 is 4.92. The number of alkyl carbamates (subject to hydrolysis) is 2. The molecule has 0 spiro atoms. The van der Waals surface area contributed by atoms with Crippen LogP contribution < -0.4 is 20.9 Å². The molecule has 7 heteroatoms. The van der Waals surface area contributed by atoms with Gasteiger partial charge in [0.2, 0.25) is 0 Å². The second-order valence-electron chi connectivity index (χ2n) is 9.26. The number of anilines is 1. The Hall–Kier alpha value is -2.28. The van der Waals surface area contributed by atoms with Crippen molar-refractivity contribution in [2.24, 2.45) is 0 Å². The summed E-state index contributed by atoms with van der Waals surface area (Å²) in [5.41, 5.74) is 3.35. The summed E-state index contributed by atoms with van der Waals surface area (Å²) in [5.74, 6) is 0. The van der Waals surface area contributed by atoms with Crippen LogP contribution in [-0.2, 0) is 16.7 Å². The highest BCUT2D eigenvalue weighted by molar-refractivity contribution is 5.83. The molecule has 2 heterocycles. The van der Waals surface area contributed by atoms with Gasteiger partial charge >= 0.3 is 12.2 Å². The molecule has 4 rings (SSSR count). The SMILES string of the molecule is CN1c2ccc(CNC(=O)OC(=O)NC3(C)CCCCC3)cc2[C@]2(C)CCN[C@H]12. The molecule has 1 saturated carbocycles. The molecule has 7 nitrogen and oxygen atoms in total. The standard InChI is InChI=1S/C22H32N4O3/c1-21(9-5-4-6-10-21)25-20(28)29-19(27)24-14-15-7-8-17-16(13-15)22(2)11-12-23-18(22)26(17)3/h7-8,13,18,23H,4-6,9-12,14H2,1-3H3,(H,24,27)(H,25,28)/t18-,22+/m1/s1. The van der Waals surface area contributed by atoms with Gasteiger partial charge in [0.25, 0.3) is 0 Å². The lowest BCUT2D eigenvalue weighted by Crippen LogP contribution is -2.48. The van der Waals surface area contributed by atoms with Crippen molar-refractivity contribution in [2.45, 2.75) is 76.0 Å². The van der Waals surface area contributed by atoms with Crippen LogP contribution in [0, 0.1) is 0 Å². The van der Waals surface area contributed by atoms with Gasteiger partial charge < -0.3 is 20.3 Å². The third-order valence-electron chi connectivity index (χ3n) is 7.01. The van der Waals surface area contributed by atoms with E-state index in [0.717, 1.165) is 44.2 Å². The number of carbonyl (C=O) groups excluding carboxylic acids is 2. The molecule has 1 aliphatic carbocycles. The van der Waals surface area contributed by atoms with Crippen LogP contribution in [0.3, 0.4) is 0 Å². The van der Waals surface area contributed by atoms with Gasteiger partial charge in [-0.1, -0.05) is 38.3 Å². The summed E-state index contributed by atoms with van der Waals surface area (Å²) in [5, 5.41) is 9.14. The van der Waals surface area contributed by atoms with Gasteiger partial charge in [0.05, 0.1) is 6.17 Å². The smallest absolute Gasteiger partial charge is 0.359 e. The summed E-state index contributed by atoms with van der Waals surface area (Å²) in [6.45, 7) is 5.64. The maximum absolute atomic E-state index is 12.1. The van der Waals surface area contributed by atoms with Crippen LogP contribution in [0.25, 0.3) is 0 Å². The summed E-state index contributed by atoms with van der Waals surface area (Å²) in [6.07, 6.45) is 5.23. The van der Waals surface area contributed by atoms with Gasteiger partial charge in [-0.15, -0.1) is 0 Å². The highest BCUT2D eigenvalue weighted by Gasteiger charge is 2.49. The first-order valence-corrected chi connectivity index (χ1v) is 10.7. The summed E-state index contributed by atoms with van der Waals surface area (Å²) in [7, 11) is 2.12. The van der Waals surface area contributed by atoms with E-state index in [-0.39, 0.29) is 11.0 Å². The number of ether oxygens (including phenoxy) is 1. The fourth-order valence-electron chi connectivity index (χ4n) is 5.30. The van der Waals surface area contributed by atoms with Crippen LogP contribution in [0.5, 0.6) is 0 Å². The average molecular weight is 401 g/mol. The van der Waals surface area contributed by atoms with Crippen molar-refractivity contribution < 1.29 is 14.3 Å². The lowest BCUT2D eigenvalue weighted by atomic mass is 9.81. The Balaban J connectivity index is 1.33. The molecule has 3 aliphatic rings. The van der Waals surface area contributed by atoms with Crippen LogP contribution in [-0.4, -0.2) is 37.5 Å². The topological polar surface area (TPSA) is 82.7 Å². The average Bonchev–Trinajstić information content (AvgIpc) is 3.16. The zero-order chi connectivity index (χ0) is 20.6. The van der Waals surface area contributed by atoms with E-state index in [1.54, 1.807) is 0 Å². The molecule has 0 unspecified atom stereocenters. The van der Waals surface area contributed by atoms with Crippen molar-refractivity contribution in [3.05, 3.63) is 29.3 Å². The number of hydrogen-bond acceptors (Lipinski definition) is 5. The molecule has 1 aromatic rings. The van der Waals surface area contributed by atoms with E-state index in [0.29, 0.717) is 12.7 Å². The van der Waals surface area contributed by atoms with E-state index < -0.39 is 12.2 Å². The Morgan fingerprint density at radius 3 is 2.69 bits per heavy atom. The Morgan fingerprint density at radius 1 is 1.17 bits per heavy atom. The Kier molecular flexibility index (Phi) is 5.19. The van der Waals surface area contributed by atoms with Crippen molar-refractivity contribution in [1.29, 1.82) is 0 Å². The van der Waals surface area contributed by atoms with Crippen molar-refractivity contribution in [1.82, 2.24) is 16.0 Å². The highest BCUT2D eigenvalue weighted by atomic mass is 16.6. The molecule has 0 bridgehead atoms. The fraction of sp³-hybridized carbons (Fsp3) is 0.636. The zero-order valence-corrected chi connectivity index (χ0v) is 17.6. The first-order valence-electron chi connectivity index (χ1n) is 10.7. The molecule has 1 aromatic carbocycles. The van der Waals surface area contributed by atoms with Crippen LogP contribution in [0.4, 0.5) is 15.3 Å². The Morgan fingerprint density at radius 2 is 1.93 bits per heavy atom. The van der Waals surface area contributed by atoms with Crippen molar-refractivity contribution >= 4 is 17.9 Å². The quantitative estimate of drug-likeness (QED) is 0.678. The van der Waals surface area contributed by atoms with E-state index in [2.05, 4.69) is 47.0 Å². The molecule has 0 aromatic heterocycles. The predicted octanol–water partition coefficient (Wildman–Crippen LogP) is 3.37. The number of carbonyl (C=O) groups is 2. The van der Waals surface area contributed by atoms with Gasteiger partial charge in [0.1, 0.15) is 0 Å². The number of benzene rings is 1. The van der Waals surface area contributed by atoms with Crippen molar-refractivity contribution in [2.75, 3.05) is 18.5 Å². The minimum Gasteiger partial charge on any atom is -0.359 e. The van der Waals surface area contributed by atoms with E-state index in [1.807, 2.05) is 13.0 Å². The lowest BCUT2D eigenvalue weighted by molar-refractivity contribution is 0.136. The summed E-state index contributed by atoms with van der Waals surface area (Å²) >= 11 is 0. The minimum absolute atomic E-state index is 0.0793. The predicted molar refractivity (Wildman–Crippen MR) is 112 cm³/mol. The monoisotopic (exact) mass is 400 g/mol. The van der Waals surface area contributed by atoms with Crippen LogP contribution in [0.1, 0.15) is 63.5 Å². The van der Waals surface area contributed by atoms with Gasteiger partial charge in [-0.2, -0.15) is 0 Å². The molecule has 0 radical (unpaired) electrons. The second-order valence-corrected chi connectivity index (χ2v) is 9.26. The van der Waals surface area contributed by atoms with Crippen LogP contribution >= 0.6 is 0 Å². The molecule has 29 heavy (non-hydrogen) atoms. The molecular formula is C22H32N4O3. The van der Waals surface area contributed by atoms with E-state index >= 15 is 0 Å². The number of likely N-dealkylation sites (N-methyl/N-ethyl adjacent to an activating group) is 1. The van der Waals surface area contributed by atoms with Crippen molar-refractivity contribution in [3.8, 4) is 0 Å². The van der Waals surface area contributed by atoms with Crippen LogP contribution in [0.15, 0.2) is 18.2 Å². The number of rotatable bonds is 3. The minimum atomic E-state index is -0.717. The zero-order valence-electron chi connectivity index (χ0n) is 17.6. The number of nitrogens with one attached hydrogen (secondary N) is 3. The maximum atomic E-state index is 12.1. The Labute approximate surface area is 172 Å². The molecule has 2 atom stereocenters. The molecule has 1 saturated heterocycles. The fourth-order valence-corrected chi connectivity index (χ4v) is 5.30. The number of fused-ring (bicyclic) bond motifs is 3. The summed E-state index contributed by atoms with van der Waals surface area (Å²) in [4.78, 5) is 26.5. The van der Waals surface area contributed by atoms with E-state index in [4.69, 9.17) is 4.74 Å². The molecular weight excluding hydrogens is 368 g/mol. The summed E-state index contributed by atoms with van der Waals surface area (Å²) in [6, 6.07) is 6.30. The van der Waals surface area contributed by atoms with Gasteiger partial charge in [0, 0.05) is 30.2 Å². The maximum Gasteiger partial charge on any atom is 0.416 e. The third-order valence-corrected chi connectivity index (χ3v) is 7.01. The normalized spacial score (nSPS) is 27.1. The van der Waals surface area contributed by atoms with Gasteiger partial charge in [0.15, 0.2) is 0 Å². The van der Waals surface area contributed by atoms with Gasteiger partial charge in [-0.3, -0.25) is 5.32 Å². The van der Waals surface area contributed by atoms with E-state index in [9.17, 15) is 9.59 Å². The largest absolute Gasteiger partial charge is 0.416 e. The van der Waals surface area contributed by atoms with Gasteiger partial charge in [-0.05, 0) is 49.9 Å². The highest BCUT2D eigenvalue weighted by Crippen LogP contribution is 2.48. The first kappa shape index (κ1) is 20.0. The molecule has 158 valence electrons. The van der Waals surface area contributed by atoms with Crippen LogP contribution in [0.2, 0.25) is 0 Å². The number of hydrogen-bond donors (Lipinski definition) is 3. The molecule has 3 N–H and O–H groups in total. The third kappa shape index (κ3) is 3.80. The van der Waals surface area contributed by atoms with Gasteiger partial charge in [-0.25, -0.2) is 9.59 Å². The molecule has 2 fully saturated rings. The lowest BCUT2D eigenvalue weighted by Gasteiger charge is -2.33.